The lowest BCUT2D eigenvalue weighted by molar-refractivity contribution is 0.0732. The molecule has 0 N–H and O–H groups in total. The Morgan fingerprint density at radius 2 is 1.88 bits per heavy atom. The van der Waals surface area contributed by atoms with Gasteiger partial charge < -0.3 is 14.4 Å². The molecule has 0 radical (unpaired) electrons. The lowest BCUT2D eigenvalue weighted by atomic mass is 9.88. The average Bonchev–Trinajstić information content (AvgIpc) is 2.88. The van der Waals surface area contributed by atoms with Crippen LogP contribution in [0.15, 0.2) is 66.9 Å². The van der Waals surface area contributed by atoms with Crippen molar-refractivity contribution in [3.63, 3.8) is 0 Å². The van der Waals surface area contributed by atoms with Crippen molar-refractivity contribution in [2.75, 3.05) is 33.4 Å². The van der Waals surface area contributed by atoms with Gasteiger partial charge in [-0.05, 0) is 86.3 Å². The molecule has 2 aliphatic rings. The van der Waals surface area contributed by atoms with Crippen LogP contribution in [-0.2, 0) is 6.42 Å². The molecule has 5 nitrogen and oxygen atoms in total. The average molecular weight is 443 g/mol. The minimum atomic E-state index is -0.116. The van der Waals surface area contributed by atoms with Gasteiger partial charge in [-0.25, -0.2) is 0 Å². The third-order valence-corrected chi connectivity index (χ3v) is 6.89. The minimum absolute atomic E-state index is 0.116. The number of Topliss-reactive ketones (excluding diaryl/α,β-unsaturated/α-hetero) is 1. The Kier molecular flexibility index (Phi) is 6.40. The first kappa shape index (κ1) is 21.7. The van der Waals surface area contributed by atoms with Crippen LogP contribution in [0, 0.1) is 11.8 Å². The summed E-state index contributed by atoms with van der Waals surface area (Å²) in [5.74, 6) is 2.36. The van der Waals surface area contributed by atoms with E-state index in [9.17, 15) is 4.79 Å². The van der Waals surface area contributed by atoms with E-state index in [1.807, 2.05) is 48.5 Å². The van der Waals surface area contributed by atoms with Gasteiger partial charge in [0.05, 0.1) is 30.9 Å². The van der Waals surface area contributed by atoms with Gasteiger partial charge in [0, 0.05) is 18.3 Å². The maximum absolute atomic E-state index is 13.3. The second kappa shape index (κ2) is 9.75. The Hall–Kier alpha value is -3.18. The number of fused-ring (bicyclic) bond motifs is 1. The minimum Gasteiger partial charge on any atom is -0.497 e. The molecule has 5 rings (SSSR count). The fraction of sp³-hybridized carbons (Fsp3) is 0.357. The van der Waals surface area contributed by atoms with E-state index in [0.29, 0.717) is 23.8 Å². The Morgan fingerprint density at radius 3 is 2.61 bits per heavy atom. The molecule has 1 saturated heterocycles. The second-order valence-electron chi connectivity index (χ2n) is 9.09. The lowest BCUT2D eigenvalue weighted by Crippen LogP contribution is -2.42. The van der Waals surface area contributed by atoms with Gasteiger partial charge in [-0.3, -0.25) is 9.78 Å². The van der Waals surface area contributed by atoms with Crippen molar-refractivity contribution in [3.05, 3.63) is 78.0 Å². The molecule has 3 heterocycles. The first-order valence-corrected chi connectivity index (χ1v) is 11.8. The van der Waals surface area contributed by atoms with Crippen molar-refractivity contribution in [1.29, 1.82) is 0 Å². The molecule has 0 aliphatic carbocycles. The third kappa shape index (κ3) is 4.93. The number of carbonyl (C=O) groups is 1. The Balaban J connectivity index is 1.18. The molecular formula is C28H30N2O3. The summed E-state index contributed by atoms with van der Waals surface area (Å²) < 4.78 is 11.2. The molecule has 1 unspecified atom stereocenters. The van der Waals surface area contributed by atoms with E-state index in [-0.39, 0.29) is 11.7 Å². The van der Waals surface area contributed by atoms with Crippen LogP contribution in [0.25, 0.3) is 11.3 Å². The number of nitrogens with zero attached hydrogens (tertiary/aromatic N) is 2. The van der Waals surface area contributed by atoms with Crippen LogP contribution in [0.3, 0.4) is 0 Å². The van der Waals surface area contributed by atoms with Crippen molar-refractivity contribution >= 4 is 5.78 Å². The molecule has 0 bridgehead atoms. The van der Waals surface area contributed by atoms with Crippen LogP contribution in [-0.4, -0.2) is 49.0 Å². The second-order valence-corrected chi connectivity index (χ2v) is 9.09. The van der Waals surface area contributed by atoms with Crippen molar-refractivity contribution < 1.29 is 14.3 Å². The number of aromatic nitrogens is 1. The Bertz CT molecular complexity index is 1090. The summed E-state index contributed by atoms with van der Waals surface area (Å²) in [6.45, 7) is 3.29. The predicted octanol–water partition coefficient (Wildman–Crippen LogP) is 4.90. The SMILES string of the molecule is COc1ccc(CC2CCN(CC3COc4ccc(-c5ccccn5)cc4C3=O)CC2)cc1. The number of likely N-dealkylation sites (tertiary alicyclic amines) is 1. The molecule has 2 aliphatic heterocycles. The highest BCUT2D eigenvalue weighted by Crippen LogP contribution is 2.32. The zero-order chi connectivity index (χ0) is 22.6. The van der Waals surface area contributed by atoms with E-state index in [1.54, 1.807) is 13.3 Å². The number of pyridine rings is 1. The zero-order valence-electron chi connectivity index (χ0n) is 19.1. The van der Waals surface area contributed by atoms with E-state index in [1.165, 1.54) is 5.56 Å². The van der Waals surface area contributed by atoms with Crippen molar-refractivity contribution in [3.8, 4) is 22.8 Å². The van der Waals surface area contributed by atoms with E-state index in [2.05, 4.69) is 22.0 Å². The molecule has 2 aromatic carbocycles. The Morgan fingerprint density at radius 1 is 1.06 bits per heavy atom. The highest BCUT2D eigenvalue weighted by Gasteiger charge is 2.32. The highest BCUT2D eigenvalue weighted by atomic mass is 16.5. The fourth-order valence-corrected chi connectivity index (χ4v) is 4.94. The van der Waals surface area contributed by atoms with Gasteiger partial charge in [0.25, 0.3) is 0 Å². The van der Waals surface area contributed by atoms with Gasteiger partial charge in [0.15, 0.2) is 5.78 Å². The number of hydrogen-bond acceptors (Lipinski definition) is 5. The molecule has 0 spiro atoms. The zero-order valence-corrected chi connectivity index (χ0v) is 19.1. The van der Waals surface area contributed by atoms with Crippen LogP contribution in [0.1, 0.15) is 28.8 Å². The summed E-state index contributed by atoms with van der Waals surface area (Å²) in [7, 11) is 1.70. The fourth-order valence-electron chi connectivity index (χ4n) is 4.94. The van der Waals surface area contributed by atoms with Gasteiger partial charge >= 0.3 is 0 Å². The van der Waals surface area contributed by atoms with E-state index < -0.39 is 0 Å². The van der Waals surface area contributed by atoms with Gasteiger partial charge in [-0.15, -0.1) is 0 Å². The summed E-state index contributed by atoms with van der Waals surface area (Å²) in [4.78, 5) is 20.1. The Labute approximate surface area is 195 Å². The van der Waals surface area contributed by atoms with Crippen LogP contribution in [0.5, 0.6) is 11.5 Å². The number of benzene rings is 2. The van der Waals surface area contributed by atoms with Gasteiger partial charge in [0.1, 0.15) is 11.5 Å². The van der Waals surface area contributed by atoms with E-state index in [4.69, 9.17) is 9.47 Å². The summed E-state index contributed by atoms with van der Waals surface area (Å²) >= 11 is 0. The number of piperidine rings is 1. The molecule has 170 valence electrons. The summed E-state index contributed by atoms with van der Waals surface area (Å²) in [5.41, 5.74) is 3.87. The summed E-state index contributed by atoms with van der Waals surface area (Å²) in [6, 6.07) is 20.0. The first-order chi connectivity index (χ1) is 16.2. The van der Waals surface area contributed by atoms with E-state index >= 15 is 0 Å². The predicted molar refractivity (Wildman–Crippen MR) is 129 cm³/mol. The van der Waals surface area contributed by atoms with Crippen molar-refractivity contribution in [2.24, 2.45) is 11.8 Å². The molecule has 1 fully saturated rings. The molecular weight excluding hydrogens is 412 g/mol. The number of hydrogen-bond donors (Lipinski definition) is 0. The van der Waals surface area contributed by atoms with Crippen LogP contribution in [0.4, 0.5) is 0 Å². The molecule has 1 aromatic heterocycles. The topological polar surface area (TPSA) is 51.7 Å². The maximum atomic E-state index is 13.3. The highest BCUT2D eigenvalue weighted by molar-refractivity contribution is 6.02. The lowest BCUT2D eigenvalue weighted by Gasteiger charge is -2.35. The molecule has 3 aromatic rings. The monoisotopic (exact) mass is 442 g/mol. The van der Waals surface area contributed by atoms with Crippen LogP contribution >= 0.6 is 0 Å². The third-order valence-electron chi connectivity index (χ3n) is 6.89. The number of methoxy groups -OCH3 is 1. The smallest absolute Gasteiger partial charge is 0.174 e. The molecule has 0 saturated carbocycles. The number of ether oxygens (including phenoxy) is 2. The van der Waals surface area contributed by atoms with Crippen molar-refractivity contribution in [1.82, 2.24) is 9.88 Å². The number of carbonyl (C=O) groups excluding carboxylic acids is 1. The largest absolute Gasteiger partial charge is 0.497 e. The van der Waals surface area contributed by atoms with E-state index in [0.717, 1.165) is 55.9 Å². The number of ketones is 1. The van der Waals surface area contributed by atoms with Gasteiger partial charge in [-0.1, -0.05) is 18.2 Å². The van der Waals surface area contributed by atoms with Gasteiger partial charge in [-0.2, -0.15) is 0 Å². The molecule has 1 atom stereocenters. The maximum Gasteiger partial charge on any atom is 0.174 e. The molecule has 33 heavy (non-hydrogen) atoms. The standard InChI is InChI=1S/C28H30N2O3/c1-32-24-8-5-20(6-9-24)16-21-11-14-30(15-12-21)18-23-19-33-27-10-7-22(17-25(27)28(23)31)26-4-2-3-13-29-26/h2-10,13,17,21,23H,11-12,14-16,18-19H2,1H3. The quantitative estimate of drug-likeness (QED) is 0.543. The van der Waals surface area contributed by atoms with Gasteiger partial charge in [0.2, 0.25) is 0 Å². The molecule has 5 heteroatoms. The number of rotatable bonds is 6. The van der Waals surface area contributed by atoms with Crippen molar-refractivity contribution in [2.45, 2.75) is 19.3 Å². The van der Waals surface area contributed by atoms with Crippen LogP contribution < -0.4 is 9.47 Å². The van der Waals surface area contributed by atoms with Crippen LogP contribution in [0.2, 0.25) is 0 Å². The first-order valence-electron chi connectivity index (χ1n) is 11.8. The summed E-state index contributed by atoms with van der Waals surface area (Å²) in [6.07, 6.45) is 5.20. The summed E-state index contributed by atoms with van der Waals surface area (Å²) in [5, 5.41) is 0. The normalized spacial score (nSPS) is 19.1. The molecule has 0 amide bonds.